The minimum Gasteiger partial charge on any atom is -0.443 e. The van der Waals surface area contributed by atoms with Gasteiger partial charge in [-0.3, -0.25) is 0 Å². The van der Waals surface area contributed by atoms with Gasteiger partial charge in [0.15, 0.2) is 0 Å². The summed E-state index contributed by atoms with van der Waals surface area (Å²) < 4.78 is 5.06. The molecule has 0 unspecified atom stereocenters. The zero-order chi connectivity index (χ0) is 9.84. The van der Waals surface area contributed by atoms with Crippen LogP contribution < -0.4 is 10.5 Å². The van der Waals surface area contributed by atoms with Crippen LogP contribution in [0.15, 0.2) is 29.0 Å². The van der Waals surface area contributed by atoms with E-state index in [2.05, 4.69) is 0 Å². The molecule has 0 bridgehead atoms. The molecular weight excluding hydrogens is 232 g/mol. The van der Waals surface area contributed by atoms with Crippen molar-refractivity contribution < 1.29 is 4.74 Å². The minimum absolute atomic E-state index is 0.0363. The Labute approximate surface area is 90.8 Å². The summed E-state index contributed by atoms with van der Waals surface area (Å²) in [6.07, 6.45) is 0. The van der Waals surface area contributed by atoms with E-state index >= 15 is 0 Å². The third kappa shape index (κ3) is 2.99. The molecule has 2 nitrogen and oxygen atoms in total. The Morgan fingerprint density at radius 3 is 2.77 bits per heavy atom. The first-order valence-corrected chi connectivity index (χ1v) is 4.51. The second-order valence-electron chi connectivity index (χ2n) is 2.21. The summed E-state index contributed by atoms with van der Waals surface area (Å²) in [6, 6.07) is 4.84. The van der Waals surface area contributed by atoms with Crippen molar-refractivity contribution in [3.63, 3.8) is 0 Å². The number of ether oxygens (including phenoxy) is 1. The van der Waals surface area contributed by atoms with Crippen LogP contribution >= 0.6 is 34.8 Å². The van der Waals surface area contributed by atoms with Gasteiger partial charge in [-0.05, 0) is 23.7 Å². The predicted octanol–water partition coefficient (Wildman–Crippen LogP) is 3.58. The van der Waals surface area contributed by atoms with Gasteiger partial charge in [0.05, 0.1) is 10.6 Å². The Morgan fingerprint density at radius 1 is 1.46 bits per heavy atom. The largest absolute Gasteiger partial charge is 0.443 e. The molecule has 0 aliphatic rings. The first-order valence-electron chi connectivity index (χ1n) is 3.32. The van der Waals surface area contributed by atoms with Crippen LogP contribution in [0.4, 0.5) is 5.69 Å². The maximum Gasteiger partial charge on any atom is 0.205 e. The van der Waals surface area contributed by atoms with Gasteiger partial charge >= 0.3 is 0 Å². The zero-order valence-corrected chi connectivity index (χ0v) is 8.70. The molecule has 0 aliphatic carbocycles. The average molecular weight is 239 g/mol. The molecule has 0 aromatic heterocycles. The van der Waals surface area contributed by atoms with Crippen LogP contribution in [0.3, 0.4) is 0 Å². The highest BCUT2D eigenvalue weighted by Gasteiger charge is 2.03. The van der Waals surface area contributed by atoms with Crippen LogP contribution in [0.25, 0.3) is 0 Å². The summed E-state index contributed by atoms with van der Waals surface area (Å²) in [5, 5.41) is 0.458. The zero-order valence-electron chi connectivity index (χ0n) is 6.43. The van der Waals surface area contributed by atoms with Gasteiger partial charge < -0.3 is 10.5 Å². The van der Waals surface area contributed by atoms with E-state index in [0.717, 1.165) is 5.54 Å². The van der Waals surface area contributed by atoms with Crippen molar-refractivity contribution in [2.45, 2.75) is 0 Å². The van der Waals surface area contributed by atoms with Gasteiger partial charge in [0.25, 0.3) is 0 Å². The number of halogens is 3. The van der Waals surface area contributed by atoms with E-state index < -0.39 is 0 Å². The Morgan fingerprint density at radius 2 is 2.15 bits per heavy atom. The van der Waals surface area contributed by atoms with Gasteiger partial charge in [-0.15, -0.1) is 0 Å². The lowest BCUT2D eigenvalue weighted by atomic mass is 10.3. The molecule has 0 fully saturated rings. The first kappa shape index (κ1) is 10.5. The van der Waals surface area contributed by atoms with E-state index in [1.165, 1.54) is 0 Å². The molecular formula is C8H6Cl3NO. The SMILES string of the molecule is Nc1ccc(Cl)c(OC(Cl)=CCl)c1. The van der Waals surface area contributed by atoms with Crippen LogP contribution in [-0.4, -0.2) is 0 Å². The van der Waals surface area contributed by atoms with Crippen molar-refractivity contribution >= 4 is 40.5 Å². The third-order valence-corrected chi connectivity index (χ3v) is 2.06. The quantitative estimate of drug-likeness (QED) is 0.631. The molecule has 1 aromatic rings. The molecule has 0 amide bonds. The fraction of sp³-hybridized carbons (Fsp3) is 0. The lowest BCUT2D eigenvalue weighted by Gasteiger charge is -2.05. The number of rotatable bonds is 2. The molecule has 5 heteroatoms. The molecule has 13 heavy (non-hydrogen) atoms. The van der Waals surface area contributed by atoms with E-state index in [0.29, 0.717) is 16.5 Å². The van der Waals surface area contributed by atoms with Crippen LogP contribution in [0, 0.1) is 0 Å². The highest BCUT2D eigenvalue weighted by Crippen LogP contribution is 2.28. The van der Waals surface area contributed by atoms with Crippen molar-refractivity contribution in [1.82, 2.24) is 0 Å². The average Bonchev–Trinajstić information content (AvgIpc) is 2.11. The van der Waals surface area contributed by atoms with Gasteiger partial charge in [-0.25, -0.2) is 0 Å². The monoisotopic (exact) mass is 237 g/mol. The summed E-state index contributed by atoms with van der Waals surface area (Å²) in [5.74, 6) is 0.378. The lowest BCUT2D eigenvalue weighted by molar-refractivity contribution is 0.464. The summed E-state index contributed by atoms with van der Waals surface area (Å²) in [4.78, 5) is 0. The van der Waals surface area contributed by atoms with Gasteiger partial charge in [0, 0.05) is 11.8 Å². The van der Waals surface area contributed by atoms with Crippen molar-refractivity contribution in [3.05, 3.63) is 34.0 Å². The summed E-state index contributed by atoms with van der Waals surface area (Å²) in [5.41, 5.74) is 7.15. The fourth-order valence-electron chi connectivity index (χ4n) is 0.725. The van der Waals surface area contributed by atoms with Crippen LogP contribution in [0.5, 0.6) is 5.75 Å². The number of benzene rings is 1. The standard InChI is InChI=1S/C8H6Cl3NO/c9-4-8(11)13-7-3-5(12)1-2-6(7)10/h1-4H,12H2. The molecule has 0 saturated carbocycles. The van der Waals surface area contributed by atoms with E-state index in [1.54, 1.807) is 18.2 Å². The Balaban J connectivity index is 2.94. The highest BCUT2D eigenvalue weighted by atomic mass is 35.5. The van der Waals surface area contributed by atoms with Crippen molar-refractivity contribution in [2.24, 2.45) is 0 Å². The molecule has 0 radical (unpaired) electrons. The molecule has 0 saturated heterocycles. The smallest absolute Gasteiger partial charge is 0.205 e. The van der Waals surface area contributed by atoms with Crippen LogP contribution in [0.1, 0.15) is 0 Å². The Bertz CT molecular complexity index is 338. The number of anilines is 1. The van der Waals surface area contributed by atoms with Crippen LogP contribution in [-0.2, 0) is 0 Å². The molecule has 1 rings (SSSR count). The molecule has 70 valence electrons. The fourth-order valence-corrected chi connectivity index (χ4v) is 1.01. The van der Waals surface area contributed by atoms with Gasteiger partial charge in [-0.1, -0.05) is 23.2 Å². The van der Waals surface area contributed by atoms with E-state index in [1.807, 2.05) is 0 Å². The molecule has 1 aromatic carbocycles. The highest BCUT2D eigenvalue weighted by molar-refractivity contribution is 6.36. The summed E-state index contributed by atoms with van der Waals surface area (Å²) in [7, 11) is 0. The van der Waals surface area contributed by atoms with Crippen LogP contribution in [0.2, 0.25) is 5.02 Å². The number of hydrogen-bond donors (Lipinski definition) is 1. The topological polar surface area (TPSA) is 35.2 Å². The Kier molecular flexibility index (Phi) is 3.72. The molecule has 0 heterocycles. The van der Waals surface area contributed by atoms with E-state index in [9.17, 15) is 0 Å². The third-order valence-electron chi connectivity index (χ3n) is 1.25. The van der Waals surface area contributed by atoms with Crippen molar-refractivity contribution in [2.75, 3.05) is 5.73 Å². The number of hydrogen-bond acceptors (Lipinski definition) is 2. The normalized spacial score (nSPS) is 11.5. The maximum atomic E-state index is 5.79. The predicted molar refractivity (Wildman–Crippen MR) is 56.3 cm³/mol. The first-order chi connectivity index (χ1) is 6.13. The summed E-state index contributed by atoms with van der Waals surface area (Å²) >= 11 is 16.6. The molecule has 2 N–H and O–H groups in total. The van der Waals surface area contributed by atoms with Crippen molar-refractivity contribution in [1.29, 1.82) is 0 Å². The van der Waals surface area contributed by atoms with Gasteiger partial charge in [0.1, 0.15) is 5.75 Å². The molecule has 0 atom stereocenters. The van der Waals surface area contributed by atoms with E-state index in [-0.39, 0.29) is 5.22 Å². The molecule has 0 aliphatic heterocycles. The minimum atomic E-state index is 0.0363. The number of nitrogens with two attached hydrogens (primary N) is 1. The van der Waals surface area contributed by atoms with Gasteiger partial charge in [-0.2, -0.15) is 0 Å². The Hall–Kier alpha value is -0.570. The second-order valence-corrected chi connectivity index (χ2v) is 3.20. The number of nitrogen functional groups attached to an aromatic ring is 1. The second kappa shape index (κ2) is 4.61. The van der Waals surface area contributed by atoms with Gasteiger partial charge in [0.2, 0.25) is 5.22 Å². The lowest BCUT2D eigenvalue weighted by Crippen LogP contribution is -1.91. The summed E-state index contributed by atoms with van der Waals surface area (Å²) in [6.45, 7) is 0. The molecule has 0 spiro atoms. The maximum absolute atomic E-state index is 5.79. The van der Waals surface area contributed by atoms with Crippen molar-refractivity contribution in [3.8, 4) is 5.75 Å². The van der Waals surface area contributed by atoms with E-state index in [4.69, 9.17) is 45.3 Å².